The molecule has 0 atom stereocenters. The second-order valence-corrected chi connectivity index (χ2v) is 1.90. The van der Waals surface area contributed by atoms with Crippen LogP contribution in [0.5, 0.6) is 0 Å². The van der Waals surface area contributed by atoms with Gasteiger partial charge in [-0.2, -0.15) is 4.98 Å². The average Bonchev–Trinajstić information content (AvgIpc) is 1.80. The van der Waals surface area contributed by atoms with Gasteiger partial charge in [-0.25, -0.2) is 0 Å². The third-order valence-electron chi connectivity index (χ3n) is 0.814. The number of nitrogens with two attached hydrogens (primary N) is 1. The van der Waals surface area contributed by atoms with Gasteiger partial charge in [0.1, 0.15) is 0 Å². The summed E-state index contributed by atoms with van der Waals surface area (Å²) in [6.45, 7) is 1.71. The van der Waals surface area contributed by atoms with Crippen molar-refractivity contribution < 1.29 is 0 Å². The summed E-state index contributed by atoms with van der Waals surface area (Å²) in [7, 11) is 0. The van der Waals surface area contributed by atoms with Gasteiger partial charge in [-0.1, -0.05) is 11.6 Å². The Hall–Kier alpha value is -0.900. The molecule has 2 N–H and O–H groups in total. The van der Waals surface area contributed by atoms with Crippen LogP contribution in [-0.4, -0.2) is 15.2 Å². The van der Waals surface area contributed by atoms with Crippen LogP contribution in [0.4, 0.5) is 5.95 Å². The number of halogens is 1. The molecule has 0 aliphatic heterocycles. The normalized spacial score (nSPS) is 9.56. The minimum absolute atomic E-state index is 0.102. The van der Waals surface area contributed by atoms with E-state index in [9.17, 15) is 0 Å². The van der Waals surface area contributed by atoms with Gasteiger partial charge in [-0.05, 0) is 6.92 Å². The summed E-state index contributed by atoms with van der Waals surface area (Å²) in [5.74, 6) is 0.102. The number of aryl methyl sites for hydroxylation is 1. The summed E-state index contributed by atoms with van der Waals surface area (Å²) in [4.78, 5) is 3.64. The molecular weight excluding hydrogens is 140 g/mol. The van der Waals surface area contributed by atoms with Crippen molar-refractivity contribution in [1.82, 2.24) is 15.2 Å². The minimum Gasteiger partial charge on any atom is -0.366 e. The summed E-state index contributed by atoms with van der Waals surface area (Å²) in [6, 6.07) is 0. The highest BCUT2D eigenvalue weighted by Gasteiger charge is 1.96. The molecule has 0 saturated carbocycles. The molecule has 0 fully saturated rings. The number of nitrogen functional groups attached to an aromatic ring is 1. The fourth-order valence-corrected chi connectivity index (χ4v) is 0.496. The van der Waals surface area contributed by atoms with Gasteiger partial charge in [-0.15, -0.1) is 10.2 Å². The van der Waals surface area contributed by atoms with Crippen molar-refractivity contribution in [3.05, 3.63) is 10.8 Å². The van der Waals surface area contributed by atoms with Crippen LogP contribution < -0.4 is 5.73 Å². The zero-order valence-corrected chi connectivity index (χ0v) is 5.55. The molecule has 0 saturated heterocycles. The lowest BCUT2D eigenvalue weighted by Gasteiger charge is -1.92. The van der Waals surface area contributed by atoms with Gasteiger partial charge < -0.3 is 5.73 Å². The van der Waals surface area contributed by atoms with Gasteiger partial charge >= 0.3 is 0 Å². The average molecular weight is 145 g/mol. The van der Waals surface area contributed by atoms with E-state index >= 15 is 0 Å². The van der Waals surface area contributed by atoms with E-state index in [2.05, 4.69) is 15.2 Å². The van der Waals surface area contributed by atoms with Gasteiger partial charge in [0.2, 0.25) is 5.95 Å². The van der Waals surface area contributed by atoms with Crippen LogP contribution in [0.3, 0.4) is 0 Å². The van der Waals surface area contributed by atoms with Crippen molar-refractivity contribution in [3.8, 4) is 0 Å². The Bertz CT molecular complexity index is 224. The summed E-state index contributed by atoms with van der Waals surface area (Å²) >= 11 is 5.52. The lowest BCUT2D eigenvalue weighted by atomic mass is 10.5. The second-order valence-electron chi connectivity index (χ2n) is 1.55. The Balaban J connectivity index is 3.17. The van der Waals surface area contributed by atoms with Gasteiger partial charge in [0.05, 0.1) is 5.69 Å². The zero-order chi connectivity index (χ0) is 6.85. The third kappa shape index (κ3) is 1.26. The largest absolute Gasteiger partial charge is 0.366 e. The molecule has 0 amide bonds. The molecule has 4 nitrogen and oxygen atoms in total. The van der Waals surface area contributed by atoms with E-state index < -0.39 is 0 Å². The first-order valence-corrected chi connectivity index (χ1v) is 2.70. The van der Waals surface area contributed by atoms with E-state index in [-0.39, 0.29) is 5.95 Å². The van der Waals surface area contributed by atoms with Crippen LogP contribution in [0.1, 0.15) is 5.69 Å². The van der Waals surface area contributed by atoms with E-state index in [1.165, 1.54) is 0 Å². The molecule has 48 valence electrons. The standard InChI is InChI=1S/C4H5ClN4/c1-2-3(5)7-4(6)9-8-2/h1H3,(H2,6,7,9). The highest BCUT2D eigenvalue weighted by Crippen LogP contribution is 2.06. The van der Waals surface area contributed by atoms with Crippen molar-refractivity contribution >= 4 is 17.5 Å². The Morgan fingerprint density at radius 3 is 2.56 bits per heavy atom. The third-order valence-corrected chi connectivity index (χ3v) is 1.17. The van der Waals surface area contributed by atoms with Gasteiger partial charge in [-0.3, -0.25) is 0 Å². The molecule has 1 aromatic rings. The van der Waals surface area contributed by atoms with Gasteiger partial charge in [0.25, 0.3) is 0 Å². The fraction of sp³-hybridized carbons (Fsp3) is 0.250. The monoisotopic (exact) mass is 144 g/mol. The number of rotatable bonds is 0. The molecular formula is C4H5ClN4. The molecule has 0 unspecified atom stereocenters. The summed E-state index contributed by atoms with van der Waals surface area (Å²) in [5.41, 5.74) is 5.75. The topological polar surface area (TPSA) is 64.7 Å². The lowest BCUT2D eigenvalue weighted by Crippen LogP contribution is -1.98. The van der Waals surface area contributed by atoms with Crippen LogP contribution >= 0.6 is 11.6 Å². The molecule has 5 heteroatoms. The first-order chi connectivity index (χ1) is 4.20. The Morgan fingerprint density at radius 2 is 2.11 bits per heavy atom. The molecule has 0 aromatic carbocycles. The maximum absolute atomic E-state index is 5.52. The molecule has 1 rings (SSSR count). The fourth-order valence-electron chi connectivity index (χ4n) is 0.371. The maximum Gasteiger partial charge on any atom is 0.241 e. The Labute approximate surface area is 57.1 Å². The summed E-state index contributed by atoms with van der Waals surface area (Å²) in [6.07, 6.45) is 0. The van der Waals surface area contributed by atoms with Crippen LogP contribution in [0.2, 0.25) is 5.15 Å². The van der Waals surface area contributed by atoms with Gasteiger partial charge in [0, 0.05) is 0 Å². The zero-order valence-electron chi connectivity index (χ0n) is 4.80. The number of anilines is 1. The molecule has 0 bridgehead atoms. The van der Waals surface area contributed by atoms with Crippen molar-refractivity contribution in [2.24, 2.45) is 0 Å². The van der Waals surface area contributed by atoms with E-state index in [0.717, 1.165) is 0 Å². The highest BCUT2D eigenvalue weighted by molar-refractivity contribution is 6.30. The molecule has 0 radical (unpaired) electrons. The highest BCUT2D eigenvalue weighted by atomic mass is 35.5. The van der Waals surface area contributed by atoms with Crippen molar-refractivity contribution in [3.63, 3.8) is 0 Å². The quantitative estimate of drug-likeness (QED) is 0.573. The second kappa shape index (κ2) is 2.14. The predicted molar refractivity (Wildman–Crippen MR) is 34.0 cm³/mol. The molecule has 0 spiro atoms. The number of hydrogen-bond donors (Lipinski definition) is 1. The Kier molecular flexibility index (Phi) is 1.48. The van der Waals surface area contributed by atoms with Crippen molar-refractivity contribution in [2.45, 2.75) is 6.92 Å². The molecule has 0 aliphatic carbocycles. The van der Waals surface area contributed by atoms with Crippen LogP contribution in [0.25, 0.3) is 0 Å². The summed E-state index contributed by atoms with van der Waals surface area (Å²) < 4.78 is 0. The van der Waals surface area contributed by atoms with Gasteiger partial charge in [0.15, 0.2) is 5.15 Å². The minimum atomic E-state index is 0.102. The molecule has 9 heavy (non-hydrogen) atoms. The summed E-state index contributed by atoms with van der Waals surface area (Å²) in [5, 5.41) is 7.39. The number of nitrogens with zero attached hydrogens (tertiary/aromatic N) is 3. The maximum atomic E-state index is 5.52. The van der Waals surface area contributed by atoms with E-state index in [4.69, 9.17) is 17.3 Å². The smallest absolute Gasteiger partial charge is 0.241 e. The first kappa shape index (κ1) is 6.22. The van der Waals surface area contributed by atoms with Crippen molar-refractivity contribution in [2.75, 3.05) is 5.73 Å². The van der Waals surface area contributed by atoms with E-state index in [0.29, 0.717) is 10.8 Å². The SMILES string of the molecule is Cc1nnc(N)nc1Cl. The molecule has 0 aliphatic rings. The van der Waals surface area contributed by atoms with Crippen LogP contribution in [-0.2, 0) is 0 Å². The van der Waals surface area contributed by atoms with E-state index in [1.807, 2.05) is 0 Å². The van der Waals surface area contributed by atoms with E-state index in [1.54, 1.807) is 6.92 Å². The van der Waals surface area contributed by atoms with Crippen molar-refractivity contribution in [1.29, 1.82) is 0 Å². The lowest BCUT2D eigenvalue weighted by molar-refractivity contribution is 0.940. The Morgan fingerprint density at radius 1 is 1.44 bits per heavy atom. The number of hydrogen-bond acceptors (Lipinski definition) is 4. The molecule has 1 heterocycles. The predicted octanol–water partition coefficient (Wildman–Crippen LogP) is 0.416. The van der Waals surface area contributed by atoms with Crippen LogP contribution in [0, 0.1) is 6.92 Å². The van der Waals surface area contributed by atoms with Crippen LogP contribution in [0.15, 0.2) is 0 Å². The molecule has 1 aromatic heterocycles. The first-order valence-electron chi connectivity index (χ1n) is 2.32. The number of aromatic nitrogens is 3.